The molecule has 1 aromatic rings. The minimum atomic E-state index is -1.13. The predicted octanol–water partition coefficient (Wildman–Crippen LogP) is 0.101. The highest BCUT2D eigenvalue weighted by Crippen LogP contribution is 1.90. The fourth-order valence-electron chi connectivity index (χ4n) is 1.31. The maximum absolute atomic E-state index is 5.38. The van der Waals surface area contributed by atoms with Crippen LogP contribution in [0.1, 0.15) is 0 Å². The first-order valence-electron chi connectivity index (χ1n) is 4.84. The van der Waals surface area contributed by atoms with Crippen LogP contribution < -0.4 is 10.4 Å². The van der Waals surface area contributed by atoms with E-state index < -0.39 is 18.1 Å². The third-order valence-electron chi connectivity index (χ3n) is 2.58. The molecule has 1 rings (SSSR count). The highest BCUT2D eigenvalue weighted by molar-refractivity contribution is 6.67. The first-order valence-corrected chi connectivity index (χ1v) is 9.25. The zero-order valence-corrected chi connectivity index (χ0v) is 11.6. The summed E-state index contributed by atoms with van der Waals surface area (Å²) in [6, 6.07) is 8.72. The van der Waals surface area contributed by atoms with Crippen LogP contribution >= 0.6 is 0 Å². The van der Waals surface area contributed by atoms with Crippen molar-refractivity contribution in [3.8, 4) is 0 Å². The molecule has 0 fully saturated rings. The maximum Gasteiger partial charge on any atom is 0.204 e. The van der Waals surface area contributed by atoms with Crippen molar-refractivity contribution in [1.82, 2.24) is 0 Å². The number of benzene rings is 1. The molecule has 0 aliphatic rings. The molecule has 0 saturated carbocycles. The molecule has 0 amide bonds. The molecule has 2 atom stereocenters. The number of hydrogen-bond donors (Lipinski definition) is 0. The van der Waals surface area contributed by atoms with Crippen molar-refractivity contribution in [2.24, 2.45) is 0 Å². The van der Waals surface area contributed by atoms with Gasteiger partial charge in [0.2, 0.25) is 18.1 Å². The summed E-state index contributed by atoms with van der Waals surface area (Å²) in [7, 11) is 1.33. The van der Waals surface area contributed by atoms with Crippen LogP contribution in [0.2, 0.25) is 13.1 Å². The monoisotopic (exact) mass is 226 g/mol. The quantitative estimate of drug-likeness (QED) is 0.678. The van der Waals surface area contributed by atoms with E-state index in [1.165, 1.54) is 10.4 Å². The summed E-state index contributed by atoms with van der Waals surface area (Å²) >= 11 is 0. The van der Waals surface area contributed by atoms with Crippen molar-refractivity contribution in [3.05, 3.63) is 24.3 Å². The smallest absolute Gasteiger partial charge is 0.204 e. The van der Waals surface area contributed by atoms with Gasteiger partial charge < -0.3 is 8.85 Å². The van der Waals surface area contributed by atoms with Crippen molar-refractivity contribution in [2.75, 3.05) is 14.2 Å². The van der Waals surface area contributed by atoms with Gasteiger partial charge in [-0.3, -0.25) is 0 Å². The topological polar surface area (TPSA) is 18.5 Å². The molecule has 78 valence electrons. The van der Waals surface area contributed by atoms with E-state index in [1.807, 2.05) is 0 Å². The standard InChI is InChI=1S/C10H18O2Si2/c1-11-13(3)9-5-7-10(8-6-9)14(4)12-2/h5-8,13-14H,1-4H3. The van der Waals surface area contributed by atoms with Gasteiger partial charge in [0.15, 0.2) is 0 Å². The van der Waals surface area contributed by atoms with Gasteiger partial charge in [-0.1, -0.05) is 24.3 Å². The van der Waals surface area contributed by atoms with Crippen LogP contribution in [0.25, 0.3) is 0 Å². The second-order valence-electron chi connectivity index (χ2n) is 3.42. The Morgan fingerprint density at radius 2 is 1.07 bits per heavy atom. The van der Waals surface area contributed by atoms with E-state index in [-0.39, 0.29) is 0 Å². The van der Waals surface area contributed by atoms with Crippen molar-refractivity contribution in [2.45, 2.75) is 13.1 Å². The maximum atomic E-state index is 5.38. The van der Waals surface area contributed by atoms with E-state index >= 15 is 0 Å². The second kappa shape index (κ2) is 5.45. The van der Waals surface area contributed by atoms with Crippen LogP contribution in [-0.4, -0.2) is 32.3 Å². The van der Waals surface area contributed by atoms with Gasteiger partial charge in [0.1, 0.15) is 0 Å². The molecule has 0 aliphatic heterocycles. The summed E-state index contributed by atoms with van der Waals surface area (Å²) in [6.07, 6.45) is 0. The fraction of sp³-hybridized carbons (Fsp3) is 0.400. The molecule has 0 radical (unpaired) electrons. The lowest BCUT2D eigenvalue weighted by molar-refractivity contribution is 0.434. The highest BCUT2D eigenvalue weighted by atomic mass is 28.3. The Labute approximate surface area is 89.3 Å². The number of hydrogen-bond acceptors (Lipinski definition) is 2. The van der Waals surface area contributed by atoms with Gasteiger partial charge in [0.25, 0.3) is 0 Å². The van der Waals surface area contributed by atoms with Crippen molar-refractivity contribution in [1.29, 1.82) is 0 Å². The van der Waals surface area contributed by atoms with Crippen LogP contribution in [-0.2, 0) is 8.85 Å². The molecule has 1 aromatic carbocycles. The third-order valence-corrected chi connectivity index (χ3v) is 6.64. The van der Waals surface area contributed by atoms with Gasteiger partial charge in [-0.05, 0) is 23.5 Å². The van der Waals surface area contributed by atoms with Crippen LogP contribution in [0.5, 0.6) is 0 Å². The fourth-order valence-corrected chi connectivity index (χ4v) is 3.32. The normalized spacial score (nSPS) is 15.1. The van der Waals surface area contributed by atoms with E-state index in [9.17, 15) is 0 Å². The van der Waals surface area contributed by atoms with Crippen molar-refractivity contribution >= 4 is 28.5 Å². The van der Waals surface area contributed by atoms with E-state index in [4.69, 9.17) is 8.85 Å². The minimum absolute atomic E-state index is 1.13. The van der Waals surface area contributed by atoms with Gasteiger partial charge in [0, 0.05) is 14.2 Å². The molecule has 2 nitrogen and oxygen atoms in total. The summed E-state index contributed by atoms with van der Waals surface area (Å²) in [5.41, 5.74) is 0. The van der Waals surface area contributed by atoms with E-state index in [0.29, 0.717) is 0 Å². The summed E-state index contributed by atoms with van der Waals surface area (Å²) in [6.45, 7) is 4.37. The molecular weight excluding hydrogens is 208 g/mol. The predicted molar refractivity (Wildman–Crippen MR) is 65.8 cm³/mol. The molecule has 0 saturated heterocycles. The Hall–Kier alpha value is -0.426. The van der Waals surface area contributed by atoms with Gasteiger partial charge >= 0.3 is 0 Å². The van der Waals surface area contributed by atoms with Gasteiger partial charge in [-0.15, -0.1) is 0 Å². The first kappa shape index (κ1) is 11.6. The lowest BCUT2D eigenvalue weighted by Crippen LogP contribution is -2.33. The Morgan fingerprint density at radius 1 is 0.786 bits per heavy atom. The lowest BCUT2D eigenvalue weighted by atomic mass is 10.4. The molecule has 14 heavy (non-hydrogen) atoms. The average molecular weight is 226 g/mol. The Morgan fingerprint density at radius 3 is 1.29 bits per heavy atom. The summed E-state index contributed by atoms with van der Waals surface area (Å²) in [5, 5.41) is 2.71. The summed E-state index contributed by atoms with van der Waals surface area (Å²) in [4.78, 5) is 0. The molecule has 0 spiro atoms. The minimum Gasteiger partial charge on any atom is -0.419 e. The van der Waals surface area contributed by atoms with Gasteiger partial charge in [-0.2, -0.15) is 0 Å². The molecule has 4 heteroatoms. The average Bonchev–Trinajstić information content (AvgIpc) is 2.27. The Balaban J connectivity index is 2.78. The van der Waals surface area contributed by atoms with Crippen molar-refractivity contribution < 1.29 is 8.85 Å². The molecule has 0 N–H and O–H groups in total. The molecule has 0 bridgehead atoms. The second-order valence-corrected chi connectivity index (χ2v) is 8.27. The Kier molecular flexibility index (Phi) is 4.54. The van der Waals surface area contributed by atoms with E-state index in [2.05, 4.69) is 37.4 Å². The lowest BCUT2D eigenvalue weighted by Gasteiger charge is -2.11. The molecular formula is C10H18O2Si2. The largest absolute Gasteiger partial charge is 0.419 e. The van der Waals surface area contributed by atoms with Crippen LogP contribution in [0, 0.1) is 0 Å². The van der Waals surface area contributed by atoms with Crippen LogP contribution in [0.15, 0.2) is 24.3 Å². The van der Waals surface area contributed by atoms with Crippen LogP contribution in [0.4, 0.5) is 0 Å². The summed E-state index contributed by atoms with van der Waals surface area (Å²) in [5.74, 6) is 0. The van der Waals surface area contributed by atoms with Gasteiger partial charge in [0.05, 0.1) is 0 Å². The zero-order valence-electron chi connectivity index (χ0n) is 9.28. The highest BCUT2D eigenvalue weighted by Gasteiger charge is 2.09. The van der Waals surface area contributed by atoms with Crippen molar-refractivity contribution in [3.63, 3.8) is 0 Å². The number of rotatable bonds is 4. The molecule has 0 aliphatic carbocycles. The molecule has 2 unspecified atom stereocenters. The van der Waals surface area contributed by atoms with Gasteiger partial charge in [-0.25, -0.2) is 0 Å². The SMILES string of the molecule is CO[SiH](C)c1ccc([SiH](C)OC)cc1. The zero-order chi connectivity index (χ0) is 10.6. The molecule has 0 heterocycles. The third kappa shape index (κ3) is 2.78. The summed E-state index contributed by atoms with van der Waals surface area (Å²) < 4.78 is 10.8. The first-order chi connectivity index (χ1) is 6.69. The molecule has 0 aromatic heterocycles. The Bertz CT molecular complexity index is 245. The van der Waals surface area contributed by atoms with E-state index in [1.54, 1.807) is 14.2 Å². The van der Waals surface area contributed by atoms with E-state index in [0.717, 1.165) is 0 Å². The van der Waals surface area contributed by atoms with Crippen LogP contribution in [0.3, 0.4) is 0 Å².